The van der Waals surface area contributed by atoms with Crippen LogP contribution in [0.4, 0.5) is 0 Å². The Morgan fingerprint density at radius 3 is 2.87 bits per heavy atom. The number of hydrogen-bond donors (Lipinski definition) is 1. The molecule has 2 atom stereocenters. The summed E-state index contributed by atoms with van der Waals surface area (Å²) in [6, 6.07) is 4.54. The lowest BCUT2D eigenvalue weighted by atomic mass is 10.2. The minimum Gasteiger partial charge on any atom is -0.469 e. The van der Waals surface area contributed by atoms with Gasteiger partial charge in [-0.05, 0) is 25.3 Å². The van der Waals surface area contributed by atoms with Gasteiger partial charge in [-0.2, -0.15) is 0 Å². The molecule has 0 spiro atoms. The number of thiophene rings is 1. The van der Waals surface area contributed by atoms with Crippen LogP contribution in [0.3, 0.4) is 0 Å². The molecular formula is C11H17NO2S. The fourth-order valence-corrected chi connectivity index (χ4v) is 2.18. The van der Waals surface area contributed by atoms with Crippen molar-refractivity contribution in [1.82, 2.24) is 5.32 Å². The summed E-state index contributed by atoms with van der Waals surface area (Å²) >= 11 is 1.72. The smallest absolute Gasteiger partial charge is 0.307 e. The van der Waals surface area contributed by atoms with Crippen molar-refractivity contribution >= 4 is 17.3 Å². The topological polar surface area (TPSA) is 38.3 Å². The molecule has 84 valence electrons. The number of carbonyl (C=O) groups excluding carboxylic acids is 1. The SMILES string of the molecule is COC(=O)CC(C)N[C@H](C)c1cccs1. The van der Waals surface area contributed by atoms with Crippen LogP contribution >= 0.6 is 11.3 Å². The van der Waals surface area contributed by atoms with Crippen molar-refractivity contribution in [2.45, 2.75) is 32.4 Å². The summed E-state index contributed by atoms with van der Waals surface area (Å²) in [6.45, 7) is 4.08. The lowest BCUT2D eigenvalue weighted by Gasteiger charge is -2.17. The van der Waals surface area contributed by atoms with Crippen LogP contribution < -0.4 is 5.32 Å². The number of methoxy groups -OCH3 is 1. The first-order chi connectivity index (χ1) is 7.13. The van der Waals surface area contributed by atoms with Gasteiger partial charge in [0.15, 0.2) is 0 Å². The molecular weight excluding hydrogens is 210 g/mol. The van der Waals surface area contributed by atoms with E-state index in [-0.39, 0.29) is 18.1 Å². The summed E-state index contributed by atoms with van der Waals surface area (Å²) in [5.41, 5.74) is 0. The van der Waals surface area contributed by atoms with Gasteiger partial charge in [-0.25, -0.2) is 0 Å². The number of ether oxygens (including phenoxy) is 1. The van der Waals surface area contributed by atoms with E-state index in [9.17, 15) is 4.79 Å². The van der Waals surface area contributed by atoms with Crippen LogP contribution in [0.2, 0.25) is 0 Å². The minimum atomic E-state index is -0.173. The van der Waals surface area contributed by atoms with Gasteiger partial charge in [0.2, 0.25) is 0 Å². The molecule has 0 saturated heterocycles. The highest BCUT2D eigenvalue weighted by Gasteiger charge is 2.13. The summed E-state index contributed by atoms with van der Waals surface area (Å²) in [5.74, 6) is -0.173. The highest BCUT2D eigenvalue weighted by atomic mass is 32.1. The first-order valence-electron chi connectivity index (χ1n) is 4.99. The highest BCUT2D eigenvalue weighted by molar-refractivity contribution is 7.10. The van der Waals surface area contributed by atoms with E-state index in [1.54, 1.807) is 11.3 Å². The molecule has 1 heterocycles. The Kier molecular flexibility index (Phi) is 4.78. The third kappa shape index (κ3) is 4.01. The molecule has 0 bridgehead atoms. The van der Waals surface area contributed by atoms with Gasteiger partial charge in [0, 0.05) is 17.0 Å². The van der Waals surface area contributed by atoms with E-state index in [1.165, 1.54) is 12.0 Å². The second-order valence-corrected chi connectivity index (χ2v) is 4.56. The standard InChI is InChI=1S/C11H17NO2S/c1-8(7-11(13)14-3)12-9(2)10-5-4-6-15-10/h4-6,8-9,12H,7H2,1-3H3/t8?,9-/m1/s1. The number of rotatable bonds is 5. The van der Waals surface area contributed by atoms with E-state index in [4.69, 9.17) is 0 Å². The van der Waals surface area contributed by atoms with Crippen LogP contribution in [0.15, 0.2) is 17.5 Å². The highest BCUT2D eigenvalue weighted by Crippen LogP contribution is 2.18. The first kappa shape index (κ1) is 12.2. The maximum Gasteiger partial charge on any atom is 0.307 e. The molecule has 0 aliphatic carbocycles. The molecule has 1 unspecified atom stereocenters. The molecule has 0 radical (unpaired) electrons. The van der Waals surface area contributed by atoms with E-state index < -0.39 is 0 Å². The van der Waals surface area contributed by atoms with E-state index in [0.717, 1.165) is 0 Å². The largest absolute Gasteiger partial charge is 0.469 e. The Morgan fingerprint density at radius 2 is 2.33 bits per heavy atom. The average molecular weight is 227 g/mol. The maximum absolute atomic E-state index is 11.0. The lowest BCUT2D eigenvalue weighted by molar-refractivity contribution is -0.141. The molecule has 0 fully saturated rings. The normalized spacial score (nSPS) is 14.6. The van der Waals surface area contributed by atoms with E-state index in [1.807, 2.05) is 13.0 Å². The van der Waals surface area contributed by atoms with Crippen molar-refractivity contribution < 1.29 is 9.53 Å². The van der Waals surface area contributed by atoms with Gasteiger partial charge in [-0.3, -0.25) is 4.79 Å². The van der Waals surface area contributed by atoms with Crippen LogP contribution in [0.25, 0.3) is 0 Å². The summed E-state index contributed by atoms with van der Waals surface area (Å²) in [4.78, 5) is 12.3. The molecule has 0 aliphatic rings. The summed E-state index contributed by atoms with van der Waals surface area (Å²) in [7, 11) is 1.41. The van der Waals surface area contributed by atoms with Crippen molar-refractivity contribution in [3.63, 3.8) is 0 Å². The number of esters is 1. The van der Waals surface area contributed by atoms with Crippen LogP contribution in [-0.4, -0.2) is 19.1 Å². The van der Waals surface area contributed by atoms with E-state index >= 15 is 0 Å². The van der Waals surface area contributed by atoms with Crippen molar-refractivity contribution in [3.8, 4) is 0 Å². The predicted octanol–water partition coefficient (Wildman–Crippen LogP) is 2.35. The average Bonchev–Trinajstić information content (AvgIpc) is 2.70. The van der Waals surface area contributed by atoms with Crippen molar-refractivity contribution in [2.24, 2.45) is 0 Å². The molecule has 4 heteroatoms. The third-order valence-electron chi connectivity index (χ3n) is 2.21. The zero-order valence-corrected chi connectivity index (χ0v) is 10.1. The van der Waals surface area contributed by atoms with Crippen LogP contribution in [0.1, 0.15) is 31.2 Å². The van der Waals surface area contributed by atoms with Gasteiger partial charge in [-0.15, -0.1) is 11.3 Å². The quantitative estimate of drug-likeness (QED) is 0.785. The van der Waals surface area contributed by atoms with Gasteiger partial charge in [0.1, 0.15) is 0 Å². The summed E-state index contributed by atoms with van der Waals surface area (Å²) < 4.78 is 4.62. The Morgan fingerprint density at radius 1 is 1.60 bits per heavy atom. The van der Waals surface area contributed by atoms with Gasteiger partial charge in [0.05, 0.1) is 13.5 Å². The zero-order valence-electron chi connectivity index (χ0n) is 9.32. The van der Waals surface area contributed by atoms with Gasteiger partial charge in [0.25, 0.3) is 0 Å². The Balaban J connectivity index is 2.38. The fraction of sp³-hybridized carbons (Fsp3) is 0.545. The zero-order chi connectivity index (χ0) is 11.3. The molecule has 0 saturated carbocycles. The molecule has 1 aromatic heterocycles. The van der Waals surface area contributed by atoms with Crippen molar-refractivity contribution in [1.29, 1.82) is 0 Å². The summed E-state index contributed by atoms with van der Waals surface area (Å²) in [6.07, 6.45) is 0.409. The molecule has 0 aliphatic heterocycles. The molecule has 0 aromatic carbocycles. The van der Waals surface area contributed by atoms with Gasteiger partial charge >= 0.3 is 5.97 Å². The van der Waals surface area contributed by atoms with Crippen LogP contribution in [0.5, 0.6) is 0 Å². The number of carbonyl (C=O) groups is 1. The third-order valence-corrected chi connectivity index (χ3v) is 3.26. The Hall–Kier alpha value is -0.870. The monoisotopic (exact) mass is 227 g/mol. The predicted molar refractivity (Wildman–Crippen MR) is 62.0 cm³/mol. The first-order valence-corrected chi connectivity index (χ1v) is 5.87. The van der Waals surface area contributed by atoms with Crippen LogP contribution in [-0.2, 0) is 9.53 Å². The number of hydrogen-bond acceptors (Lipinski definition) is 4. The minimum absolute atomic E-state index is 0.134. The fourth-order valence-electron chi connectivity index (χ4n) is 1.44. The van der Waals surface area contributed by atoms with Crippen molar-refractivity contribution in [2.75, 3.05) is 7.11 Å². The lowest BCUT2D eigenvalue weighted by Crippen LogP contribution is -2.30. The second-order valence-electron chi connectivity index (χ2n) is 3.59. The Bertz CT molecular complexity index is 298. The maximum atomic E-state index is 11.0. The number of nitrogens with one attached hydrogen (secondary N) is 1. The van der Waals surface area contributed by atoms with Crippen molar-refractivity contribution in [3.05, 3.63) is 22.4 Å². The van der Waals surface area contributed by atoms with E-state index in [0.29, 0.717) is 6.42 Å². The molecule has 1 N–H and O–H groups in total. The van der Waals surface area contributed by atoms with Crippen LogP contribution in [0, 0.1) is 0 Å². The second kappa shape index (κ2) is 5.88. The molecule has 0 amide bonds. The summed E-state index contributed by atoms with van der Waals surface area (Å²) in [5, 5.41) is 5.41. The van der Waals surface area contributed by atoms with Gasteiger partial charge in [-0.1, -0.05) is 6.07 Å². The molecule has 1 rings (SSSR count). The molecule has 1 aromatic rings. The molecule has 3 nitrogen and oxygen atoms in total. The molecule has 15 heavy (non-hydrogen) atoms. The van der Waals surface area contributed by atoms with Gasteiger partial charge < -0.3 is 10.1 Å². The Labute approximate surface area is 94.5 Å². The van der Waals surface area contributed by atoms with E-state index in [2.05, 4.69) is 28.4 Å².